The van der Waals surface area contributed by atoms with Crippen LogP contribution in [0, 0.1) is 6.92 Å². The summed E-state index contributed by atoms with van der Waals surface area (Å²) in [6.07, 6.45) is -3.18. The van der Waals surface area contributed by atoms with Gasteiger partial charge < -0.3 is 29.2 Å². The molecule has 0 spiro atoms. The van der Waals surface area contributed by atoms with Gasteiger partial charge in [-0.25, -0.2) is 13.6 Å². The third-order valence-electron chi connectivity index (χ3n) is 7.99. The van der Waals surface area contributed by atoms with E-state index in [1.54, 1.807) is 33.8 Å². The fraction of sp³-hybridized carbons (Fsp3) is 0.531. The number of nitrogens with one attached hydrogen (secondary N) is 1. The highest BCUT2D eigenvalue weighted by Gasteiger charge is 2.42. The zero-order chi connectivity index (χ0) is 35.9. The minimum Gasteiger partial charge on any atom is -0.444 e. The summed E-state index contributed by atoms with van der Waals surface area (Å²) in [6, 6.07) is 2.91. The van der Waals surface area contributed by atoms with Gasteiger partial charge in [-0.2, -0.15) is 22.7 Å². The van der Waals surface area contributed by atoms with Crippen molar-refractivity contribution in [1.29, 1.82) is 0 Å². The molecule has 0 atom stereocenters. The molecule has 0 bridgehead atoms. The second kappa shape index (κ2) is 13.4. The van der Waals surface area contributed by atoms with Crippen molar-refractivity contribution >= 4 is 34.7 Å². The van der Waals surface area contributed by atoms with Crippen LogP contribution in [0.25, 0.3) is 11.4 Å². The number of rotatable bonds is 6. The maximum absolute atomic E-state index is 15.5. The Morgan fingerprint density at radius 3 is 2.47 bits per heavy atom. The summed E-state index contributed by atoms with van der Waals surface area (Å²) in [4.78, 5) is 47.1. The molecule has 1 N–H and O–H groups in total. The Kier molecular flexibility index (Phi) is 9.78. The lowest BCUT2D eigenvalue weighted by molar-refractivity contribution is -0.137. The Balaban J connectivity index is 1.58. The Labute approximate surface area is 278 Å². The van der Waals surface area contributed by atoms with Gasteiger partial charge in [0, 0.05) is 18.8 Å². The zero-order valence-electron chi connectivity index (χ0n) is 27.8. The number of carbonyl (C=O) groups is 2. The van der Waals surface area contributed by atoms with E-state index in [0.29, 0.717) is 25.2 Å². The van der Waals surface area contributed by atoms with Crippen LogP contribution in [0.4, 0.5) is 38.1 Å². The summed E-state index contributed by atoms with van der Waals surface area (Å²) in [5.74, 6) is -3.95. The molecule has 0 unspecified atom stereocenters. The van der Waals surface area contributed by atoms with E-state index in [2.05, 4.69) is 15.4 Å². The van der Waals surface area contributed by atoms with Crippen LogP contribution in [-0.4, -0.2) is 87.0 Å². The summed E-state index contributed by atoms with van der Waals surface area (Å²) in [6.45, 7) is 5.98. The SMILES string of the molecule is CCc1c(N2CCN(C(=O)OC(C)(C)C)CC(F)(F)C2)c(=O)n2nc(C3=CCOCC3)nc2n1CC(=O)Nc1ccc(C(F)(F)F)cc1C. The van der Waals surface area contributed by atoms with Crippen molar-refractivity contribution in [2.24, 2.45) is 0 Å². The topological polar surface area (TPSA) is 123 Å². The maximum Gasteiger partial charge on any atom is 0.416 e. The van der Waals surface area contributed by atoms with Gasteiger partial charge in [-0.3, -0.25) is 9.59 Å². The first-order valence-corrected chi connectivity index (χ1v) is 15.7. The van der Waals surface area contributed by atoms with Crippen molar-refractivity contribution in [2.75, 3.05) is 49.6 Å². The molecule has 0 saturated carbocycles. The van der Waals surface area contributed by atoms with Gasteiger partial charge in [0.1, 0.15) is 17.8 Å². The van der Waals surface area contributed by atoms with Crippen molar-refractivity contribution in [3.05, 3.63) is 57.3 Å². The first-order chi connectivity index (χ1) is 22.9. The van der Waals surface area contributed by atoms with Gasteiger partial charge in [-0.15, -0.1) is 5.10 Å². The average Bonchev–Trinajstić information content (AvgIpc) is 3.39. The molecule has 1 saturated heterocycles. The van der Waals surface area contributed by atoms with E-state index >= 15 is 8.78 Å². The number of aromatic nitrogens is 4. The molecule has 12 nitrogen and oxygen atoms in total. The van der Waals surface area contributed by atoms with Gasteiger partial charge in [-0.1, -0.05) is 13.0 Å². The lowest BCUT2D eigenvalue weighted by atomic mass is 10.1. The molecule has 0 radical (unpaired) electrons. The third-order valence-corrected chi connectivity index (χ3v) is 7.99. The van der Waals surface area contributed by atoms with Crippen LogP contribution >= 0.6 is 0 Å². The first kappa shape index (κ1) is 35.8. The van der Waals surface area contributed by atoms with Crippen molar-refractivity contribution in [3.63, 3.8) is 0 Å². The van der Waals surface area contributed by atoms with E-state index in [1.165, 1.54) is 16.4 Å². The van der Waals surface area contributed by atoms with Gasteiger partial charge >= 0.3 is 12.3 Å². The number of halogens is 5. The van der Waals surface area contributed by atoms with Crippen LogP contribution in [0.5, 0.6) is 0 Å². The second-order valence-corrected chi connectivity index (χ2v) is 13.0. The standard InChI is InChI=1S/C32H38F5N7O5/c1-6-23-25(41-11-12-42(18-31(33,34)17-41)29(47)49-30(3,4)5)27(46)44-28(39-26(40-44)20-9-13-48-14-10-20)43(23)16-24(45)38-22-8-7-21(15-19(22)2)32(35,36)37/h7-9,15H,6,10-14,16-18H2,1-5H3,(H,38,45). The minimum absolute atomic E-state index is 0.0238. The van der Waals surface area contributed by atoms with E-state index < -0.39 is 60.5 Å². The molecule has 0 aliphatic carbocycles. The third kappa shape index (κ3) is 8.03. The molecular formula is C32H38F5N7O5. The van der Waals surface area contributed by atoms with E-state index in [9.17, 15) is 27.6 Å². The molecule has 17 heteroatoms. The molecule has 2 aliphatic heterocycles. The highest BCUT2D eigenvalue weighted by Crippen LogP contribution is 2.32. The highest BCUT2D eigenvalue weighted by molar-refractivity contribution is 5.91. The molecule has 2 aromatic heterocycles. The van der Waals surface area contributed by atoms with Crippen molar-refractivity contribution in [1.82, 2.24) is 24.1 Å². The predicted molar refractivity (Wildman–Crippen MR) is 170 cm³/mol. The van der Waals surface area contributed by atoms with Crippen LogP contribution in [-0.2, 0) is 33.4 Å². The molecule has 5 rings (SSSR count). The monoisotopic (exact) mass is 695 g/mol. The Morgan fingerprint density at radius 1 is 1.12 bits per heavy atom. The van der Waals surface area contributed by atoms with Crippen LogP contribution in [0.1, 0.15) is 56.8 Å². The maximum atomic E-state index is 15.5. The molecule has 1 fully saturated rings. The Bertz CT molecular complexity index is 1840. The molecule has 2 aliphatic rings. The lowest BCUT2D eigenvalue weighted by Gasteiger charge is -2.28. The molecule has 49 heavy (non-hydrogen) atoms. The summed E-state index contributed by atoms with van der Waals surface area (Å²) < 4.78 is 83.7. The number of anilines is 2. The summed E-state index contributed by atoms with van der Waals surface area (Å²) in [5, 5.41) is 7.04. The Morgan fingerprint density at radius 2 is 1.86 bits per heavy atom. The number of fused-ring (bicyclic) bond motifs is 1. The zero-order valence-corrected chi connectivity index (χ0v) is 27.8. The number of aryl methyl sites for hydroxylation is 1. The van der Waals surface area contributed by atoms with Crippen LogP contribution in [0.15, 0.2) is 29.1 Å². The van der Waals surface area contributed by atoms with Gasteiger partial charge in [0.2, 0.25) is 11.7 Å². The fourth-order valence-corrected chi connectivity index (χ4v) is 5.79. The molecule has 1 aromatic carbocycles. The summed E-state index contributed by atoms with van der Waals surface area (Å²) in [5.41, 5.74) is -1.47. The summed E-state index contributed by atoms with van der Waals surface area (Å²) >= 11 is 0. The average molecular weight is 696 g/mol. The van der Waals surface area contributed by atoms with Crippen LogP contribution in [0.2, 0.25) is 0 Å². The number of nitrogens with zero attached hydrogens (tertiary/aromatic N) is 6. The summed E-state index contributed by atoms with van der Waals surface area (Å²) in [7, 11) is 0. The highest BCUT2D eigenvalue weighted by atomic mass is 19.4. The number of hydrogen-bond donors (Lipinski definition) is 1. The lowest BCUT2D eigenvalue weighted by Crippen LogP contribution is -2.44. The van der Waals surface area contributed by atoms with Gasteiger partial charge in [0.05, 0.1) is 37.6 Å². The van der Waals surface area contributed by atoms with E-state index in [4.69, 9.17) is 9.47 Å². The number of amides is 2. The normalized spacial score (nSPS) is 17.1. The largest absolute Gasteiger partial charge is 0.444 e. The molecule has 3 aromatic rings. The number of alkyl halides is 5. The molecule has 266 valence electrons. The van der Waals surface area contributed by atoms with Crippen molar-refractivity contribution < 1.29 is 41.0 Å². The van der Waals surface area contributed by atoms with Crippen LogP contribution in [0.3, 0.4) is 0 Å². The predicted octanol–water partition coefficient (Wildman–Crippen LogP) is 4.92. The number of benzene rings is 1. The van der Waals surface area contributed by atoms with Crippen LogP contribution < -0.4 is 15.8 Å². The van der Waals surface area contributed by atoms with Crippen molar-refractivity contribution in [3.8, 4) is 0 Å². The smallest absolute Gasteiger partial charge is 0.416 e. The molecule has 4 heterocycles. The quantitative estimate of drug-likeness (QED) is 0.361. The number of carbonyl (C=O) groups excluding carboxylic acids is 2. The molecular weight excluding hydrogens is 657 g/mol. The Hall–Kier alpha value is -4.54. The van der Waals surface area contributed by atoms with Gasteiger partial charge in [0.25, 0.3) is 11.5 Å². The fourth-order valence-electron chi connectivity index (χ4n) is 5.79. The number of ether oxygens (including phenoxy) is 2. The first-order valence-electron chi connectivity index (χ1n) is 15.7. The van der Waals surface area contributed by atoms with Gasteiger partial charge in [0.15, 0.2) is 5.82 Å². The van der Waals surface area contributed by atoms with Crippen molar-refractivity contribution in [2.45, 2.75) is 71.7 Å². The van der Waals surface area contributed by atoms with E-state index in [-0.39, 0.29) is 53.7 Å². The van der Waals surface area contributed by atoms with Gasteiger partial charge in [-0.05, 0) is 69.9 Å². The van der Waals surface area contributed by atoms with E-state index in [1.807, 2.05) is 0 Å². The minimum atomic E-state index is -4.57. The number of hydrogen-bond acceptors (Lipinski definition) is 8. The molecule has 2 amide bonds. The second-order valence-electron chi connectivity index (χ2n) is 13.0. The van der Waals surface area contributed by atoms with E-state index in [0.717, 1.165) is 27.6 Å².